The molecule has 2 aromatic heterocycles. The van der Waals surface area contributed by atoms with Crippen molar-refractivity contribution in [2.24, 2.45) is 5.92 Å². The van der Waals surface area contributed by atoms with Gasteiger partial charge in [0.05, 0.1) is 30.6 Å². The lowest BCUT2D eigenvalue weighted by atomic mass is 10.0. The highest BCUT2D eigenvalue weighted by atomic mass is 19.1. The molecule has 5 rings (SSSR count). The van der Waals surface area contributed by atoms with Crippen molar-refractivity contribution < 1.29 is 23.8 Å². The van der Waals surface area contributed by atoms with E-state index in [1.165, 1.54) is 6.20 Å². The van der Waals surface area contributed by atoms with Gasteiger partial charge in [0.1, 0.15) is 11.6 Å². The van der Waals surface area contributed by atoms with E-state index < -0.39 is 6.10 Å². The van der Waals surface area contributed by atoms with E-state index in [2.05, 4.69) is 25.5 Å². The number of carbonyl (C=O) groups excluding carboxylic acids is 1. The summed E-state index contributed by atoms with van der Waals surface area (Å²) >= 11 is 0. The SMILES string of the molecule is COc1ccc2ncc(F)c(CCN3C[C@H](CNCc4ccc5c(n4)NC(=O)CO5)[C@H](O)C3)c2c1. The number of aliphatic hydroxyl groups is 1. The number of pyridine rings is 2. The van der Waals surface area contributed by atoms with Crippen LogP contribution in [0.1, 0.15) is 11.3 Å². The van der Waals surface area contributed by atoms with Gasteiger partial charge in [0.2, 0.25) is 0 Å². The number of carbonyl (C=O) groups is 1. The number of methoxy groups -OCH3 is 1. The molecule has 0 radical (unpaired) electrons. The maximum absolute atomic E-state index is 14.6. The molecule has 0 saturated carbocycles. The highest BCUT2D eigenvalue weighted by molar-refractivity contribution is 5.94. The molecule has 1 saturated heterocycles. The van der Waals surface area contributed by atoms with Gasteiger partial charge >= 0.3 is 0 Å². The van der Waals surface area contributed by atoms with Crippen molar-refractivity contribution in [1.82, 2.24) is 20.2 Å². The predicted octanol–water partition coefficient (Wildman–Crippen LogP) is 1.73. The number of likely N-dealkylation sites (tertiary alicyclic amines) is 1. The maximum Gasteiger partial charge on any atom is 0.263 e. The zero-order chi connectivity index (χ0) is 24.4. The fourth-order valence-electron chi connectivity index (χ4n) is 4.67. The van der Waals surface area contributed by atoms with Gasteiger partial charge in [-0.1, -0.05) is 0 Å². The summed E-state index contributed by atoms with van der Waals surface area (Å²) in [7, 11) is 1.58. The zero-order valence-corrected chi connectivity index (χ0v) is 19.5. The number of hydrogen-bond donors (Lipinski definition) is 3. The number of benzene rings is 1. The van der Waals surface area contributed by atoms with Crippen LogP contribution in [-0.4, -0.2) is 71.9 Å². The lowest BCUT2D eigenvalue weighted by Crippen LogP contribution is -2.31. The van der Waals surface area contributed by atoms with Gasteiger partial charge < -0.3 is 30.1 Å². The number of aromatic nitrogens is 2. The van der Waals surface area contributed by atoms with Crippen LogP contribution >= 0.6 is 0 Å². The number of nitrogens with one attached hydrogen (secondary N) is 2. The second kappa shape index (κ2) is 10.1. The summed E-state index contributed by atoms with van der Waals surface area (Å²) in [5.74, 6) is 1.16. The van der Waals surface area contributed by atoms with E-state index >= 15 is 0 Å². The van der Waals surface area contributed by atoms with Crippen molar-refractivity contribution >= 4 is 22.6 Å². The minimum atomic E-state index is -0.467. The quantitative estimate of drug-likeness (QED) is 0.447. The molecule has 9 nitrogen and oxygen atoms in total. The molecule has 2 aliphatic rings. The first-order chi connectivity index (χ1) is 17.0. The first-order valence-electron chi connectivity index (χ1n) is 11.6. The molecule has 184 valence electrons. The molecule has 0 bridgehead atoms. The Morgan fingerprint density at radius 3 is 3.06 bits per heavy atom. The molecule has 3 aromatic rings. The molecular formula is C25H28FN5O4. The summed E-state index contributed by atoms with van der Waals surface area (Å²) in [6.45, 7) is 3.00. The monoisotopic (exact) mass is 481 g/mol. The number of nitrogens with zero attached hydrogens (tertiary/aromatic N) is 3. The minimum Gasteiger partial charge on any atom is -0.497 e. The molecule has 2 atom stereocenters. The minimum absolute atomic E-state index is 0.000560. The normalized spacial score (nSPS) is 19.9. The number of aliphatic hydroxyl groups excluding tert-OH is 1. The van der Waals surface area contributed by atoms with Gasteiger partial charge in [-0.2, -0.15) is 0 Å². The Labute approximate surface area is 202 Å². The first kappa shape index (κ1) is 23.4. The third kappa shape index (κ3) is 5.19. The average molecular weight is 482 g/mol. The molecule has 10 heteroatoms. The second-order valence-corrected chi connectivity index (χ2v) is 8.92. The Morgan fingerprint density at radius 1 is 1.31 bits per heavy atom. The Bertz CT molecular complexity index is 1240. The lowest BCUT2D eigenvalue weighted by molar-refractivity contribution is -0.118. The standard InChI is InChI=1S/C25H28FN5O4/c1-34-17-3-4-21-19(8-17)18(20(26)11-28-21)6-7-31-12-15(22(32)13-31)9-27-10-16-2-5-23-25(29-16)30-24(33)14-35-23/h2-5,8,11,15,22,27,32H,6-7,9-10,12-14H2,1H3,(H,29,30,33)/t15-,22+/m0/s1. The number of amides is 1. The number of anilines is 1. The van der Waals surface area contributed by atoms with Crippen molar-refractivity contribution in [2.45, 2.75) is 19.1 Å². The molecule has 1 aromatic carbocycles. The Balaban J connectivity index is 1.15. The maximum atomic E-state index is 14.6. The molecule has 1 amide bonds. The van der Waals surface area contributed by atoms with Crippen LogP contribution in [0.2, 0.25) is 0 Å². The third-order valence-electron chi connectivity index (χ3n) is 6.54. The molecule has 0 spiro atoms. The largest absolute Gasteiger partial charge is 0.497 e. The van der Waals surface area contributed by atoms with Gasteiger partial charge in [0.15, 0.2) is 18.2 Å². The predicted molar refractivity (Wildman–Crippen MR) is 128 cm³/mol. The van der Waals surface area contributed by atoms with Gasteiger partial charge in [0.25, 0.3) is 5.91 Å². The summed E-state index contributed by atoms with van der Waals surface area (Å²) < 4.78 is 25.2. The summed E-state index contributed by atoms with van der Waals surface area (Å²) in [6, 6.07) is 9.11. The van der Waals surface area contributed by atoms with Crippen molar-refractivity contribution in [3.63, 3.8) is 0 Å². The summed E-state index contributed by atoms with van der Waals surface area (Å²) in [5.41, 5.74) is 2.11. The van der Waals surface area contributed by atoms with Gasteiger partial charge in [-0.05, 0) is 36.8 Å². The zero-order valence-electron chi connectivity index (χ0n) is 19.5. The number of hydrogen-bond acceptors (Lipinski definition) is 8. The number of fused-ring (bicyclic) bond motifs is 2. The number of β-amino-alcohol motifs (C(OH)–C–C–N with tert-alkyl or cyclic N) is 1. The van der Waals surface area contributed by atoms with E-state index in [4.69, 9.17) is 9.47 Å². The fourth-order valence-corrected chi connectivity index (χ4v) is 4.67. The van der Waals surface area contributed by atoms with Gasteiger partial charge in [-0.15, -0.1) is 0 Å². The highest BCUT2D eigenvalue weighted by Gasteiger charge is 2.31. The van der Waals surface area contributed by atoms with Crippen LogP contribution in [0.4, 0.5) is 10.2 Å². The van der Waals surface area contributed by atoms with Gasteiger partial charge in [-0.25, -0.2) is 9.37 Å². The van der Waals surface area contributed by atoms with Crippen molar-refractivity contribution in [3.05, 3.63) is 53.6 Å². The fraction of sp³-hybridized carbons (Fsp3) is 0.400. The van der Waals surface area contributed by atoms with E-state index in [0.29, 0.717) is 62.0 Å². The molecule has 35 heavy (non-hydrogen) atoms. The number of rotatable bonds is 8. The Morgan fingerprint density at radius 2 is 2.20 bits per heavy atom. The van der Waals surface area contributed by atoms with E-state index in [0.717, 1.165) is 16.6 Å². The van der Waals surface area contributed by atoms with Crippen LogP contribution in [0, 0.1) is 11.7 Å². The number of halogens is 1. The Kier molecular flexibility index (Phi) is 6.76. The Hall–Kier alpha value is -3.34. The van der Waals surface area contributed by atoms with Crippen LogP contribution in [0.3, 0.4) is 0 Å². The van der Waals surface area contributed by atoms with E-state index in [9.17, 15) is 14.3 Å². The third-order valence-corrected chi connectivity index (χ3v) is 6.54. The molecule has 3 N–H and O–H groups in total. The van der Waals surface area contributed by atoms with Crippen molar-refractivity contribution in [2.75, 3.05) is 45.2 Å². The van der Waals surface area contributed by atoms with Crippen LogP contribution < -0.4 is 20.1 Å². The molecule has 2 aliphatic heterocycles. The van der Waals surface area contributed by atoms with Crippen molar-refractivity contribution in [1.29, 1.82) is 0 Å². The molecule has 0 aliphatic carbocycles. The van der Waals surface area contributed by atoms with E-state index in [1.54, 1.807) is 13.2 Å². The smallest absolute Gasteiger partial charge is 0.263 e. The summed E-state index contributed by atoms with van der Waals surface area (Å²) in [6.07, 6.45) is 1.31. The van der Waals surface area contributed by atoms with Crippen molar-refractivity contribution in [3.8, 4) is 11.5 Å². The summed E-state index contributed by atoms with van der Waals surface area (Å²) in [5, 5.41) is 17.4. The van der Waals surface area contributed by atoms with Crippen LogP contribution in [0.15, 0.2) is 36.5 Å². The first-order valence-corrected chi connectivity index (χ1v) is 11.6. The van der Waals surface area contributed by atoms with Gasteiger partial charge in [-0.3, -0.25) is 9.78 Å². The van der Waals surface area contributed by atoms with Crippen LogP contribution in [0.5, 0.6) is 11.5 Å². The molecular weight excluding hydrogens is 453 g/mol. The summed E-state index contributed by atoms with van der Waals surface area (Å²) in [4.78, 5) is 22.3. The average Bonchev–Trinajstić information content (AvgIpc) is 3.21. The molecule has 1 fully saturated rings. The topological polar surface area (TPSA) is 109 Å². The molecule has 0 unspecified atom stereocenters. The van der Waals surface area contributed by atoms with E-state index in [-0.39, 0.29) is 24.2 Å². The molecule has 4 heterocycles. The van der Waals surface area contributed by atoms with E-state index in [1.807, 2.05) is 24.3 Å². The number of ether oxygens (including phenoxy) is 2. The lowest BCUT2D eigenvalue weighted by Gasteiger charge is -2.18. The van der Waals surface area contributed by atoms with Gasteiger partial charge in [0, 0.05) is 49.6 Å². The second-order valence-electron chi connectivity index (χ2n) is 8.92. The van der Waals surface area contributed by atoms with Crippen LogP contribution in [0.25, 0.3) is 10.9 Å². The van der Waals surface area contributed by atoms with Crippen LogP contribution in [-0.2, 0) is 17.8 Å². The highest BCUT2D eigenvalue weighted by Crippen LogP contribution is 2.27.